The van der Waals surface area contributed by atoms with E-state index in [0.29, 0.717) is 17.9 Å². The van der Waals surface area contributed by atoms with Crippen molar-refractivity contribution in [1.82, 2.24) is 5.32 Å². The average Bonchev–Trinajstić information content (AvgIpc) is 2.93. The largest absolute Gasteiger partial charge is 0.367 e. The third kappa shape index (κ3) is 2.20. The van der Waals surface area contributed by atoms with Gasteiger partial charge in [0.15, 0.2) is 0 Å². The lowest BCUT2D eigenvalue weighted by Crippen LogP contribution is -2.33. The average molecular weight is 373 g/mol. The first-order valence-corrected chi connectivity index (χ1v) is 7.57. The molecule has 0 aromatic heterocycles. The molecule has 2 aliphatic rings. The molecular formula is C13H16IN3O2. The lowest BCUT2D eigenvalue weighted by Gasteiger charge is -2.27. The van der Waals surface area contributed by atoms with E-state index in [1.807, 2.05) is 6.07 Å². The lowest BCUT2D eigenvalue weighted by molar-refractivity contribution is -0.384. The van der Waals surface area contributed by atoms with E-state index < -0.39 is 0 Å². The summed E-state index contributed by atoms with van der Waals surface area (Å²) in [6.45, 7) is 5.49. The topological polar surface area (TPSA) is 58.4 Å². The number of fused-ring (bicyclic) bond motifs is 1. The van der Waals surface area contributed by atoms with Crippen LogP contribution < -0.4 is 10.2 Å². The zero-order valence-electron chi connectivity index (χ0n) is 10.7. The first kappa shape index (κ1) is 13.1. The highest BCUT2D eigenvalue weighted by Gasteiger charge is 2.42. The Hall–Kier alpha value is -0.890. The predicted molar refractivity (Wildman–Crippen MR) is 82.5 cm³/mol. The van der Waals surface area contributed by atoms with Crippen molar-refractivity contribution in [3.63, 3.8) is 0 Å². The molecular weight excluding hydrogens is 357 g/mol. The lowest BCUT2D eigenvalue weighted by atomic mass is 9.95. The van der Waals surface area contributed by atoms with Gasteiger partial charge in [0.25, 0.3) is 5.69 Å². The van der Waals surface area contributed by atoms with Gasteiger partial charge >= 0.3 is 0 Å². The monoisotopic (exact) mass is 373 g/mol. The number of hydrogen-bond donors (Lipinski definition) is 1. The molecule has 2 heterocycles. The standard InChI is InChI=1S/C13H16IN3O2/c1-8-11-6-15-5-9(11)7-16(8)13-3-2-10(17(18)19)4-12(13)14/h2-4,8-9,11,15H,5-7H2,1H3. The number of halogens is 1. The predicted octanol–water partition coefficient (Wildman–Crippen LogP) is 2.24. The summed E-state index contributed by atoms with van der Waals surface area (Å²) in [7, 11) is 0. The second-order valence-corrected chi connectivity index (χ2v) is 6.53. The van der Waals surface area contributed by atoms with Gasteiger partial charge in [-0.2, -0.15) is 0 Å². The highest BCUT2D eigenvalue weighted by Crippen LogP contribution is 2.38. The second-order valence-electron chi connectivity index (χ2n) is 5.37. The van der Waals surface area contributed by atoms with Crippen molar-refractivity contribution >= 4 is 34.0 Å². The zero-order valence-corrected chi connectivity index (χ0v) is 12.8. The van der Waals surface area contributed by atoms with Crippen molar-refractivity contribution in [2.45, 2.75) is 13.0 Å². The molecule has 0 saturated carbocycles. The highest BCUT2D eigenvalue weighted by atomic mass is 127. The fourth-order valence-electron chi connectivity index (χ4n) is 3.33. The summed E-state index contributed by atoms with van der Waals surface area (Å²) in [5.74, 6) is 1.41. The Morgan fingerprint density at radius 1 is 1.47 bits per heavy atom. The van der Waals surface area contributed by atoms with E-state index >= 15 is 0 Å². The van der Waals surface area contributed by atoms with Crippen LogP contribution in [0.5, 0.6) is 0 Å². The molecule has 2 aliphatic heterocycles. The van der Waals surface area contributed by atoms with Crippen LogP contribution in [0.4, 0.5) is 11.4 Å². The van der Waals surface area contributed by atoms with Crippen LogP contribution in [0, 0.1) is 25.5 Å². The molecule has 0 aliphatic carbocycles. The Balaban J connectivity index is 1.89. The molecule has 1 aromatic carbocycles. The summed E-state index contributed by atoms with van der Waals surface area (Å²) in [5, 5.41) is 14.2. The number of anilines is 1. The third-order valence-corrected chi connectivity index (χ3v) is 5.25. The Kier molecular flexibility index (Phi) is 3.38. The first-order valence-electron chi connectivity index (χ1n) is 6.49. The fourth-order valence-corrected chi connectivity index (χ4v) is 4.14. The SMILES string of the molecule is CC1C2CNCC2CN1c1ccc([N+](=O)[O-])cc1I. The van der Waals surface area contributed by atoms with Crippen LogP contribution in [0.1, 0.15) is 6.92 Å². The maximum absolute atomic E-state index is 10.8. The molecule has 102 valence electrons. The van der Waals surface area contributed by atoms with Crippen LogP contribution in [-0.4, -0.2) is 30.6 Å². The van der Waals surface area contributed by atoms with Crippen molar-refractivity contribution in [3.8, 4) is 0 Å². The summed E-state index contributed by atoms with van der Waals surface area (Å²) >= 11 is 2.20. The van der Waals surface area contributed by atoms with E-state index in [1.54, 1.807) is 12.1 Å². The van der Waals surface area contributed by atoms with Gasteiger partial charge in [0.2, 0.25) is 0 Å². The number of nitro groups is 1. The molecule has 6 heteroatoms. The van der Waals surface area contributed by atoms with Gasteiger partial charge in [-0.15, -0.1) is 0 Å². The minimum Gasteiger partial charge on any atom is -0.367 e. The molecule has 0 amide bonds. The van der Waals surface area contributed by atoms with Gasteiger partial charge < -0.3 is 10.2 Å². The van der Waals surface area contributed by atoms with Crippen molar-refractivity contribution in [1.29, 1.82) is 0 Å². The maximum atomic E-state index is 10.8. The molecule has 2 fully saturated rings. The van der Waals surface area contributed by atoms with E-state index in [1.165, 1.54) is 0 Å². The van der Waals surface area contributed by atoms with E-state index in [4.69, 9.17) is 0 Å². The normalized spacial score (nSPS) is 29.6. The minimum atomic E-state index is -0.335. The number of non-ortho nitro benzene ring substituents is 1. The van der Waals surface area contributed by atoms with E-state index in [2.05, 4.69) is 39.7 Å². The molecule has 1 N–H and O–H groups in total. The molecule has 0 spiro atoms. The summed E-state index contributed by atoms with van der Waals surface area (Å²) in [6, 6.07) is 5.66. The molecule has 19 heavy (non-hydrogen) atoms. The third-order valence-electron chi connectivity index (χ3n) is 4.39. The van der Waals surface area contributed by atoms with Gasteiger partial charge in [0.05, 0.1) is 10.6 Å². The Morgan fingerprint density at radius 3 is 2.89 bits per heavy atom. The Labute approximate surface area is 125 Å². The van der Waals surface area contributed by atoms with Crippen LogP contribution >= 0.6 is 22.6 Å². The molecule has 1 aromatic rings. The van der Waals surface area contributed by atoms with Crippen LogP contribution in [0.25, 0.3) is 0 Å². The van der Waals surface area contributed by atoms with E-state index in [0.717, 1.165) is 28.9 Å². The van der Waals surface area contributed by atoms with Gasteiger partial charge in [-0.1, -0.05) is 0 Å². The van der Waals surface area contributed by atoms with Crippen LogP contribution in [-0.2, 0) is 0 Å². The van der Waals surface area contributed by atoms with Gasteiger partial charge in [0, 0.05) is 41.4 Å². The van der Waals surface area contributed by atoms with Crippen molar-refractivity contribution < 1.29 is 4.92 Å². The van der Waals surface area contributed by atoms with E-state index in [9.17, 15) is 10.1 Å². The summed E-state index contributed by atoms with van der Waals surface area (Å²) in [4.78, 5) is 12.9. The number of hydrogen-bond acceptors (Lipinski definition) is 4. The van der Waals surface area contributed by atoms with Crippen LogP contribution in [0.15, 0.2) is 18.2 Å². The van der Waals surface area contributed by atoms with Crippen molar-refractivity contribution in [2.75, 3.05) is 24.5 Å². The first-order chi connectivity index (χ1) is 9.08. The molecule has 3 rings (SSSR count). The maximum Gasteiger partial charge on any atom is 0.270 e. The highest BCUT2D eigenvalue weighted by molar-refractivity contribution is 14.1. The smallest absolute Gasteiger partial charge is 0.270 e. The van der Waals surface area contributed by atoms with Gasteiger partial charge in [-0.25, -0.2) is 0 Å². The summed E-state index contributed by atoms with van der Waals surface area (Å²) in [6.07, 6.45) is 0. The molecule has 5 nitrogen and oxygen atoms in total. The van der Waals surface area contributed by atoms with Gasteiger partial charge in [-0.05, 0) is 47.4 Å². The molecule has 2 saturated heterocycles. The Morgan fingerprint density at radius 2 is 2.26 bits per heavy atom. The minimum absolute atomic E-state index is 0.168. The van der Waals surface area contributed by atoms with E-state index in [-0.39, 0.29) is 10.6 Å². The number of nitrogens with zero attached hydrogens (tertiary/aromatic N) is 2. The van der Waals surface area contributed by atoms with Crippen molar-refractivity contribution in [3.05, 3.63) is 31.9 Å². The van der Waals surface area contributed by atoms with Crippen LogP contribution in [0.2, 0.25) is 0 Å². The quantitative estimate of drug-likeness (QED) is 0.491. The van der Waals surface area contributed by atoms with Gasteiger partial charge in [0.1, 0.15) is 0 Å². The molecule has 3 unspecified atom stereocenters. The number of nitrogens with one attached hydrogen (secondary N) is 1. The Bertz CT molecular complexity index is 523. The molecule has 0 radical (unpaired) electrons. The second kappa shape index (κ2) is 4.90. The van der Waals surface area contributed by atoms with Gasteiger partial charge in [-0.3, -0.25) is 10.1 Å². The number of rotatable bonds is 2. The number of benzene rings is 1. The molecule has 0 bridgehead atoms. The fraction of sp³-hybridized carbons (Fsp3) is 0.538. The summed E-state index contributed by atoms with van der Waals surface area (Å²) in [5.41, 5.74) is 1.30. The molecule has 3 atom stereocenters. The van der Waals surface area contributed by atoms with Crippen LogP contribution in [0.3, 0.4) is 0 Å². The zero-order chi connectivity index (χ0) is 13.6. The number of nitro benzene ring substituents is 1. The summed E-state index contributed by atoms with van der Waals surface area (Å²) < 4.78 is 0.964. The van der Waals surface area contributed by atoms with Crippen molar-refractivity contribution in [2.24, 2.45) is 11.8 Å².